The summed E-state index contributed by atoms with van der Waals surface area (Å²) in [4.78, 5) is 36.8. The molecule has 0 aromatic rings. The lowest BCUT2D eigenvalue weighted by Gasteiger charge is -2.31. The van der Waals surface area contributed by atoms with E-state index in [1.54, 1.807) is 0 Å². The van der Waals surface area contributed by atoms with Gasteiger partial charge in [-0.2, -0.15) is 0 Å². The molecule has 8 heteroatoms. The molecule has 0 saturated carbocycles. The summed E-state index contributed by atoms with van der Waals surface area (Å²) < 4.78 is 17.2. The van der Waals surface area contributed by atoms with Gasteiger partial charge in [-0.25, -0.2) is 4.79 Å². The number of carbonyl (C=O) groups excluding carboxylic acids is 2. The number of likely N-dealkylation sites (N-methyl/N-ethyl adjacent to an activating group) is 1. The van der Waals surface area contributed by atoms with Crippen molar-refractivity contribution >= 4 is 17.9 Å². The van der Waals surface area contributed by atoms with Crippen LogP contribution in [-0.2, 0) is 28.6 Å². The topological polar surface area (TPSA) is 99.1 Å². The molecule has 0 spiro atoms. The molecule has 0 aliphatic rings. The summed E-state index contributed by atoms with van der Waals surface area (Å²) >= 11 is 0. The van der Waals surface area contributed by atoms with Crippen molar-refractivity contribution in [1.82, 2.24) is 0 Å². The van der Waals surface area contributed by atoms with Crippen molar-refractivity contribution in [2.24, 2.45) is 0 Å². The number of aliphatic carboxylic acids is 1. The van der Waals surface area contributed by atoms with Crippen LogP contribution < -0.4 is 0 Å². The highest BCUT2D eigenvalue weighted by Crippen LogP contribution is 2.14. The smallest absolute Gasteiger partial charge is 0.362 e. The zero-order chi connectivity index (χ0) is 37.1. The quantitative estimate of drug-likeness (QED) is 0.0299. The van der Waals surface area contributed by atoms with Gasteiger partial charge in [-0.15, -0.1) is 0 Å². The molecule has 0 aromatic carbocycles. The normalized spacial score (nSPS) is 13.2. The Morgan fingerprint density at radius 2 is 1.04 bits per heavy atom. The fourth-order valence-corrected chi connectivity index (χ4v) is 5.90. The fourth-order valence-electron chi connectivity index (χ4n) is 5.90. The molecular weight excluding hydrogens is 630 g/mol. The Balaban J connectivity index is 4.39. The Morgan fingerprint density at radius 3 is 1.54 bits per heavy atom. The van der Waals surface area contributed by atoms with E-state index in [-0.39, 0.29) is 36.2 Å². The SMILES string of the molecule is CCCCC/C=C/C=C/CCCCCCCCC(=O)OCC(COCCC(C(=O)O)[N+](C)(C)C)OC(=O)CCCCCCCCCCCCC. The minimum Gasteiger partial charge on any atom is -0.477 e. The summed E-state index contributed by atoms with van der Waals surface area (Å²) in [6.45, 7) is 4.68. The standard InChI is InChI=1S/C42H77NO7/c1-6-8-10-12-14-16-18-19-20-21-23-24-26-28-30-32-40(44)49-37-38(36-48-35-34-39(42(46)47)43(3,4)5)50-41(45)33-31-29-27-25-22-17-15-13-11-9-7-2/h14,16,18-19,38-39H,6-13,15,17,20-37H2,1-5H3/p+1/b16-14+,19-18+. The van der Waals surface area contributed by atoms with Gasteiger partial charge in [-0.05, 0) is 38.5 Å². The number of allylic oxidation sites excluding steroid dienone is 4. The third-order valence-electron chi connectivity index (χ3n) is 9.13. The largest absolute Gasteiger partial charge is 0.477 e. The second-order valence-corrected chi connectivity index (χ2v) is 14.9. The van der Waals surface area contributed by atoms with Crippen molar-refractivity contribution in [2.75, 3.05) is 41.0 Å². The molecule has 0 bridgehead atoms. The van der Waals surface area contributed by atoms with Crippen LogP contribution in [0.4, 0.5) is 0 Å². The van der Waals surface area contributed by atoms with Crippen molar-refractivity contribution in [3.8, 4) is 0 Å². The number of carboxylic acids is 1. The van der Waals surface area contributed by atoms with E-state index < -0.39 is 18.1 Å². The lowest BCUT2D eigenvalue weighted by molar-refractivity contribution is -0.887. The van der Waals surface area contributed by atoms with Crippen molar-refractivity contribution in [1.29, 1.82) is 0 Å². The van der Waals surface area contributed by atoms with Crippen LogP contribution in [-0.4, -0.2) is 80.6 Å². The number of carbonyl (C=O) groups is 3. The lowest BCUT2D eigenvalue weighted by Crippen LogP contribution is -2.50. The van der Waals surface area contributed by atoms with Gasteiger partial charge in [-0.1, -0.05) is 141 Å². The van der Waals surface area contributed by atoms with Crippen LogP contribution in [0.15, 0.2) is 24.3 Å². The van der Waals surface area contributed by atoms with Gasteiger partial charge in [0, 0.05) is 19.3 Å². The zero-order valence-electron chi connectivity index (χ0n) is 33.1. The third kappa shape index (κ3) is 31.8. The van der Waals surface area contributed by atoms with E-state index in [0.29, 0.717) is 19.3 Å². The van der Waals surface area contributed by atoms with E-state index in [1.165, 1.54) is 96.3 Å². The van der Waals surface area contributed by atoms with Gasteiger partial charge in [0.05, 0.1) is 34.4 Å². The molecule has 2 unspecified atom stereocenters. The summed E-state index contributed by atoms with van der Waals surface area (Å²) in [5.41, 5.74) is 0. The molecule has 0 heterocycles. The molecule has 0 aromatic heterocycles. The molecule has 1 N–H and O–H groups in total. The molecule has 292 valence electrons. The first-order chi connectivity index (χ1) is 24.1. The number of hydrogen-bond donors (Lipinski definition) is 1. The van der Waals surface area contributed by atoms with Gasteiger partial charge in [0.15, 0.2) is 12.1 Å². The molecule has 2 atom stereocenters. The molecule has 0 amide bonds. The van der Waals surface area contributed by atoms with E-state index in [4.69, 9.17) is 14.2 Å². The molecular formula is C42H78NO7+. The molecule has 0 rings (SSSR count). The Hall–Kier alpha value is -2.19. The number of ether oxygens (including phenoxy) is 3. The summed E-state index contributed by atoms with van der Waals surface area (Å²) in [7, 11) is 5.52. The molecule has 0 aliphatic carbocycles. The highest BCUT2D eigenvalue weighted by atomic mass is 16.6. The Kier molecular flexibility index (Phi) is 32.4. The van der Waals surface area contributed by atoms with Crippen LogP contribution >= 0.6 is 0 Å². The van der Waals surface area contributed by atoms with E-state index in [2.05, 4.69) is 38.2 Å². The van der Waals surface area contributed by atoms with E-state index in [1.807, 2.05) is 21.1 Å². The maximum Gasteiger partial charge on any atom is 0.362 e. The average Bonchev–Trinajstić information content (AvgIpc) is 3.06. The summed E-state index contributed by atoms with van der Waals surface area (Å²) in [5, 5.41) is 9.59. The highest BCUT2D eigenvalue weighted by molar-refractivity contribution is 5.72. The Bertz CT molecular complexity index is 880. The summed E-state index contributed by atoms with van der Waals surface area (Å²) in [6, 6.07) is -0.612. The predicted octanol–water partition coefficient (Wildman–Crippen LogP) is 10.5. The van der Waals surface area contributed by atoms with Gasteiger partial charge in [0.1, 0.15) is 6.61 Å². The minimum absolute atomic E-state index is 0.0536. The molecule has 50 heavy (non-hydrogen) atoms. The summed E-state index contributed by atoms with van der Waals surface area (Å²) in [6.07, 6.45) is 34.9. The van der Waals surface area contributed by atoms with Gasteiger partial charge < -0.3 is 23.8 Å². The molecule has 0 fully saturated rings. The minimum atomic E-state index is -0.876. The maximum absolute atomic E-state index is 12.6. The van der Waals surface area contributed by atoms with Crippen LogP contribution in [0.3, 0.4) is 0 Å². The van der Waals surface area contributed by atoms with E-state index in [0.717, 1.165) is 44.9 Å². The number of rotatable bonds is 36. The molecule has 0 saturated heterocycles. The molecule has 0 radical (unpaired) electrons. The van der Waals surface area contributed by atoms with E-state index in [9.17, 15) is 19.5 Å². The van der Waals surface area contributed by atoms with Crippen LogP contribution in [0.2, 0.25) is 0 Å². The van der Waals surface area contributed by atoms with Crippen LogP contribution in [0.5, 0.6) is 0 Å². The summed E-state index contributed by atoms with van der Waals surface area (Å²) in [5.74, 6) is -1.48. The van der Waals surface area contributed by atoms with Crippen LogP contribution in [0.25, 0.3) is 0 Å². The second-order valence-electron chi connectivity index (χ2n) is 14.9. The van der Waals surface area contributed by atoms with Crippen molar-refractivity contribution < 1.29 is 38.2 Å². The maximum atomic E-state index is 12.6. The molecule has 0 aliphatic heterocycles. The van der Waals surface area contributed by atoms with Crippen LogP contribution in [0.1, 0.15) is 174 Å². The van der Waals surface area contributed by atoms with Crippen molar-refractivity contribution in [2.45, 2.75) is 187 Å². The van der Waals surface area contributed by atoms with Crippen molar-refractivity contribution in [3.63, 3.8) is 0 Å². The number of esters is 2. The lowest BCUT2D eigenvalue weighted by atomic mass is 10.1. The monoisotopic (exact) mass is 709 g/mol. The third-order valence-corrected chi connectivity index (χ3v) is 9.13. The Labute approximate surface area is 307 Å². The second kappa shape index (κ2) is 33.9. The Morgan fingerprint density at radius 1 is 0.600 bits per heavy atom. The van der Waals surface area contributed by atoms with Gasteiger partial charge >= 0.3 is 17.9 Å². The first kappa shape index (κ1) is 47.8. The van der Waals surface area contributed by atoms with E-state index >= 15 is 0 Å². The first-order valence-corrected chi connectivity index (χ1v) is 20.4. The number of carboxylic acid groups (broad SMARTS) is 1. The fraction of sp³-hybridized carbons (Fsp3) is 0.833. The predicted molar refractivity (Wildman–Crippen MR) is 206 cm³/mol. The van der Waals surface area contributed by atoms with Gasteiger partial charge in [-0.3, -0.25) is 9.59 Å². The molecule has 8 nitrogen and oxygen atoms in total. The first-order valence-electron chi connectivity index (χ1n) is 20.4. The number of hydrogen-bond acceptors (Lipinski definition) is 6. The number of nitrogens with zero attached hydrogens (tertiary/aromatic N) is 1. The highest BCUT2D eigenvalue weighted by Gasteiger charge is 2.31. The number of unbranched alkanes of at least 4 members (excludes halogenated alkanes) is 19. The zero-order valence-corrected chi connectivity index (χ0v) is 33.1. The van der Waals surface area contributed by atoms with Gasteiger partial charge in [0.2, 0.25) is 0 Å². The van der Waals surface area contributed by atoms with Crippen molar-refractivity contribution in [3.05, 3.63) is 24.3 Å². The van der Waals surface area contributed by atoms with Crippen LogP contribution in [0, 0.1) is 0 Å². The van der Waals surface area contributed by atoms with Gasteiger partial charge in [0.25, 0.3) is 0 Å². The average molecular weight is 709 g/mol. The number of quaternary nitrogens is 1.